The number of halogens is 1. The molecule has 4 heteroatoms. The Morgan fingerprint density at radius 1 is 1.09 bits per heavy atom. The van der Waals surface area contributed by atoms with Gasteiger partial charge in [-0.2, -0.15) is 0 Å². The molecule has 2 aromatic carbocycles. The molecule has 0 aliphatic rings. The van der Waals surface area contributed by atoms with Crippen LogP contribution in [0.25, 0.3) is 0 Å². The number of hydrogen-bond donors (Lipinski definition) is 1. The molecule has 1 unspecified atom stereocenters. The molecule has 0 bridgehead atoms. The van der Waals surface area contributed by atoms with Crippen molar-refractivity contribution in [3.8, 4) is 5.75 Å². The molecule has 0 spiro atoms. The summed E-state index contributed by atoms with van der Waals surface area (Å²) in [5.41, 5.74) is 2.01. The molecule has 116 valence electrons. The van der Waals surface area contributed by atoms with Crippen LogP contribution in [0.1, 0.15) is 25.8 Å². The largest absolute Gasteiger partial charge is 0.481 e. The smallest absolute Gasteiger partial charge is 0.265 e. The summed E-state index contributed by atoms with van der Waals surface area (Å²) in [6, 6.07) is 15.4. The molecule has 3 nitrogen and oxygen atoms in total. The maximum absolute atomic E-state index is 12.3. The third-order valence-corrected chi connectivity index (χ3v) is 3.91. The van der Waals surface area contributed by atoms with Crippen LogP contribution >= 0.6 is 15.9 Å². The molecule has 0 saturated heterocycles. The minimum Gasteiger partial charge on any atom is -0.481 e. The Balaban J connectivity index is 2.00. The molecule has 0 radical (unpaired) electrons. The van der Waals surface area contributed by atoms with E-state index in [2.05, 4.69) is 28.2 Å². The van der Waals surface area contributed by atoms with E-state index in [1.54, 1.807) is 0 Å². The highest BCUT2D eigenvalue weighted by molar-refractivity contribution is 9.10. The fourth-order valence-corrected chi connectivity index (χ4v) is 2.31. The van der Waals surface area contributed by atoms with Gasteiger partial charge >= 0.3 is 0 Å². The number of anilines is 1. The molecular weight excluding hydrogens is 342 g/mol. The van der Waals surface area contributed by atoms with E-state index in [9.17, 15) is 4.79 Å². The van der Waals surface area contributed by atoms with Crippen molar-refractivity contribution in [2.75, 3.05) is 5.32 Å². The number of carbonyl (C=O) groups is 1. The number of carbonyl (C=O) groups excluding carboxylic acids is 1. The van der Waals surface area contributed by atoms with Gasteiger partial charge in [0.1, 0.15) is 5.75 Å². The summed E-state index contributed by atoms with van der Waals surface area (Å²) in [5.74, 6) is 0.583. The van der Waals surface area contributed by atoms with Crippen LogP contribution in [0.4, 0.5) is 5.69 Å². The predicted octanol–water partition coefficient (Wildman–Crippen LogP) is 4.81. The Bertz CT molecular complexity index is 608. The maximum Gasteiger partial charge on any atom is 0.265 e. The lowest BCUT2D eigenvalue weighted by Gasteiger charge is -2.17. The van der Waals surface area contributed by atoms with E-state index in [1.165, 1.54) is 5.56 Å². The zero-order valence-corrected chi connectivity index (χ0v) is 14.4. The zero-order valence-electron chi connectivity index (χ0n) is 12.8. The van der Waals surface area contributed by atoms with Crippen LogP contribution in [-0.2, 0) is 11.2 Å². The third kappa shape index (κ3) is 4.60. The Kier molecular flexibility index (Phi) is 6.01. The summed E-state index contributed by atoms with van der Waals surface area (Å²) in [7, 11) is 0. The van der Waals surface area contributed by atoms with E-state index >= 15 is 0 Å². The van der Waals surface area contributed by atoms with Gasteiger partial charge in [-0.3, -0.25) is 4.79 Å². The van der Waals surface area contributed by atoms with Crippen LogP contribution in [0.5, 0.6) is 5.75 Å². The summed E-state index contributed by atoms with van der Waals surface area (Å²) in [5, 5.41) is 2.88. The van der Waals surface area contributed by atoms with Crippen molar-refractivity contribution in [1.29, 1.82) is 0 Å². The first-order valence-electron chi connectivity index (χ1n) is 7.44. The van der Waals surface area contributed by atoms with Gasteiger partial charge < -0.3 is 10.1 Å². The number of amides is 1. The molecule has 2 aromatic rings. The Hall–Kier alpha value is -1.81. The predicted molar refractivity (Wildman–Crippen MR) is 93.3 cm³/mol. The lowest BCUT2D eigenvalue weighted by atomic mass is 10.1. The van der Waals surface area contributed by atoms with Crippen molar-refractivity contribution < 1.29 is 9.53 Å². The van der Waals surface area contributed by atoms with E-state index in [-0.39, 0.29) is 5.91 Å². The van der Waals surface area contributed by atoms with E-state index in [0.29, 0.717) is 6.42 Å². The number of rotatable bonds is 6. The number of nitrogens with one attached hydrogen (secondary N) is 1. The van der Waals surface area contributed by atoms with Gasteiger partial charge in [-0.15, -0.1) is 0 Å². The molecule has 1 amide bonds. The summed E-state index contributed by atoms with van der Waals surface area (Å²) in [6.45, 7) is 4.04. The maximum atomic E-state index is 12.3. The van der Waals surface area contributed by atoms with Crippen LogP contribution in [0, 0.1) is 0 Å². The molecule has 22 heavy (non-hydrogen) atoms. The van der Waals surface area contributed by atoms with Gasteiger partial charge in [0.25, 0.3) is 5.91 Å². The second-order valence-corrected chi connectivity index (χ2v) is 5.92. The van der Waals surface area contributed by atoms with Crippen molar-refractivity contribution >= 4 is 27.5 Å². The van der Waals surface area contributed by atoms with Crippen LogP contribution in [0.3, 0.4) is 0 Å². The van der Waals surface area contributed by atoms with Crippen LogP contribution in [-0.4, -0.2) is 12.0 Å². The first kappa shape index (κ1) is 16.6. The van der Waals surface area contributed by atoms with Crippen molar-refractivity contribution in [3.05, 3.63) is 58.6 Å². The highest BCUT2D eigenvalue weighted by Gasteiger charge is 2.18. The first-order chi connectivity index (χ1) is 10.6. The summed E-state index contributed by atoms with van der Waals surface area (Å²) >= 11 is 3.37. The zero-order chi connectivity index (χ0) is 15.9. The highest BCUT2D eigenvalue weighted by Crippen LogP contribution is 2.18. The molecule has 0 heterocycles. The van der Waals surface area contributed by atoms with Gasteiger partial charge in [0.05, 0.1) is 0 Å². The number of aryl methyl sites for hydroxylation is 1. The monoisotopic (exact) mass is 361 g/mol. The van der Waals surface area contributed by atoms with E-state index in [0.717, 1.165) is 22.3 Å². The van der Waals surface area contributed by atoms with Gasteiger partial charge in [-0.25, -0.2) is 0 Å². The third-order valence-electron chi connectivity index (χ3n) is 3.38. The molecule has 1 atom stereocenters. The standard InChI is InChI=1S/C18H20BrNO2/c1-3-13-5-11-16(12-6-13)22-17(4-2)18(21)20-15-9-7-14(19)8-10-15/h5-12,17H,3-4H2,1-2H3,(H,20,21). The highest BCUT2D eigenvalue weighted by atomic mass is 79.9. The average molecular weight is 362 g/mol. The van der Waals surface area contributed by atoms with E-state index in [1.807, 2.05) is 55.5 Å². The molecule has 0 aliphatic heterocycles. The van der Waals surface area contributed by atoms with Crippen molar-refractivity contribution in [2.24, 2.45) is 0 Å². The van der Waals surface area contributed by atoms with Gasteiger partial charge in [0.15, 0.2) is 6.10 Å². The molecule has 0 fully saturated rings. The Morgan fingerprint density at radius 2 is 1.73 bits per heavy atom. The van der Waals surface area contributed by atoms with Crippen molar-refractivity contribution in [1.82, 2.24) is 0 Å². The van der Waals surface area contributed by atoms with Crippen LogP contribution in [0.2, 0.25) is 0 Å². The van der Waals surface area contributed by atoms with Crippen LogP contribution in [0.15, 0.2) is 53.0 Å². The summed E-state index contributed by atoms with van der Waals surface area (Å²) < 4.78 is 6.78. The average Bonchev–Trinajstić information content (AvgIpc) is 2.55. The SMILES string of the molecule is CCc1ccc(OC(CC)C(=O)Nc2ccc(Br)cc2)cc1. The fourth-order valence-electron chi connectivity index (χ4n) is 2.05. The lowest BCUT2D eigenvalue weighted by Crippen LogP contribution is -2.32. The second-order valence-electron chi connectivity index (χ2n) is 5.01. The number of hydrogen-bond acceptors (Lipinski definition) is 2. The summed E-state index contributed by atoms with van der Waals surface area (Å²) in [4.78, 5) is 12.3. The topological polar surface area (TPSA) is 38.3 Å². The molecule has 0 aromatic heterocycles. The normalized spacial score (nSPS) is 11.8. The Labute approximate surface area is 139 Å². The van der Waals surface area contributed by atoms with Crippen molar-refractivity contribution in [3.63, 3.8) is 0 Å². The quantitative estimate of drug-likeness (QED) is 0.801. The second kappa shape index (κ2) is 7.99. The molecule has 0 aliphatic carbocycles. The fraction of sp³-hybridized carbons (Fsp3) is 0.278. The molecule has 2 rings (SSSR count). The van der Waals surface area contributed by atoms with Gasteiger partial charge in [-0.1, -0.05) is 41.9 Å². The summed E-state index contributed by atoms with van der Waals surface area (Å²) in [6.07, 6.45) is 1.09. The van der Waals surface area contributed by atoms with Gasteiger partial charge in [0.2, 0.25) is 0 Å². The molecule has 0 saturated carbocycles. The minimum atomic E-state index is -0.504. The van der Waals surface area contributed by atoms with E-state index < -0.39 is 6.10 Å². The van der Waals surface area contributed by atoms with Gasteiger partial charge in [-0.05, 0) is 54.8 Å². The Morgan fingerprint density at radius 3 is 2.27 bits per heavy atom. The molecule has 1 N–H and O–H groups in total. The lowest BCUT2D eigenvalue weighted by molar-refractivity contribution is -0.122. The minimum absolute atomic E-state index is 0.135. The van der Waals surface area contributed by atoms with Crippen LogP contribution < -0.4 is 10.1 Å². The van der Waals surface area contributed by atoms with Crippen molar-refractivity contribution in [2.45, 2.75) is 32.8 Å². The number of ether oxygens (including phenoxy) is 1. The van der Waals surface area contributed by atoms with Gasteiger partial charge in [0, 0.05) is 10.2 Å². The van der Waals surface area contributed by atoms with E-state index in [4.69, 9.17) is 4.74 Å². The molecular formula is C18H20BrNO2. The first-order valence-corrected chi connectivity index (χ1v) is 8.23. The number of benzene rings is 2.